The van der Waals surface area contributed by atoms with Gasteiger partial charge in [0.25, 0.3) is 0 Å². The van der Waals surface area contributed by atoms with Gasteiger partial charge in [0.15, 0.2) is 5.65 Å². The summed E-state index contributed by atoms with van der Waals surface area (Å²) in [5.74, 6) is 0.833. The van der Waals surface area contributed by atoms with Crippen molar-refractivity contribution in [2.75, 3.05) is 11.5 Å². The average molecular weight is 657 g/mol. The molecule has 2 saturated heterocycles. The molecule has 2 atom stereocenters. The van der Waals surface area contributed by atoms with E-state index in [4.69, 9.17) is 31.0 Å². The molecule has 5 heterocycles. The smallest absolute Gasteiger partial charge is 0.407 e. The summed E-state index contributed by atoms with van der Waals surface area (Å²) in [5.41, 5.74) is 3.30. The molecule has 2 aliphatic heterocycles. The van der Waals surface area contributed by atoms with Crippen LogP contribution in [-0.2, 0) is 16.2 Å². The van der Waals surface area contributed by atoms with Gasteiger partial charge < -0.3 is 24.7 Å². The van der Waals surface area contributed by atoms with E-state index in [0.717, 1.165) is 75.7 Å². The zero-order valence-electron chi connectivity index (χ0n) is 26.2. The summed E-state index contributed by atoms with van der Waals surface area (Å²) < 4.78 is 13.7. The van der Waals surface area contributed by atoms with Crippen LogP contribution in [0.25, 0.3) is 32.5 Å². The molecule has 3 aromatic heterocycles. The van der Waals surface area contributed by atoms with E-state index in [1.54, 1.807) is 4.57 Å². The first-order valence-corrected chi connectivity index (χ1v) is 20.2. The van der Waals surface area contributed by atoms with Crippen molar-refractivity contribution < 1.29 is 14.3 Å². The molecule has 2 unspecified atom stereocenters. The Morgan fingerprint density at radius 1 is 1.18 bits per heavy atom. The molecule has 13 heteroatoms. The quantitative estimate of drug-likeness (QED) is 0.155. The number of benzene rings is 1. The second-order valence-electron chi connectivity index (χ2n) is 14.2. The van der Waals surface area contributed by atoms with Gasteiger partial charge in [0.1, 0.15) is 23.7 Å². The Morgan fingerprint density at radius 3 is 2.59 bits per heavy atom. The predicted molar refractivity (Wildman–Crippen MR) is 180 cm³/mol. The number of aromatic amines is 1. The lowest BCUT2D eigenvalue weighted by Gasteiger charge is -2.39. The Bertz CT molecular complexity index is 1740. The van der Waals surface area contributed by atoms with Crippen LogP contribution in [0.3, 0.4) is 0 Å². The molecule has 2 aliphatic rings. The standard InChI is InChI=1S/C31H41ClN6O4SSi/c1-31(2,3)42-29(39)35-18-13-19-7-8-20(14-18)38(19)24-16-33-26-22(15-34-28(26)36-24)21-9-10-23-27(25(21)32)43-30(40)37(23)17-41-11-12-44(4,5)6/h9-10,15-16,18-20H,7-8,11-14,17H2,1-6H3,(H,34,36)(H,35,39). The van der Waals surface area contributed by atoms with Gasteiger partial charge in [-0.3, -0.25) is 9.36 Å². The van der Waals surface area contributed by atoms with Gasteiger partial charge in [-0.2, -0.15) is 0 Å². The number of thiazole rings is 1. The van der Waals surface area contributed by atoms with Crippen molar-refractivity contribution in [1.29, 1.82) is 0 Å². The van der Waals surface area contributed by atoms with Gasteiger partial charge in [0.05, 0.1) is 21.4 Å². The third kappa shape index (κ3) is 6.40. The van der Waals surface area contributed by atoms with Gasteiger partial charge in [0.2, 0.25) is 0 Å². The number of fused-ring (bicyclic) bond motifs is 4. The zero-order valence-corrected chi connectivity index (χ0v) is 28.8. The van der Waals surface area contributed by atoms with Crippen LogP contribution < -0.4 is 15.1 Å². The highest BCUT2D eigenvalue weighted by atomic mass is 35.5. The number of piperidine rings is 1. The van der Waals surface area contributed by atoms with Crippen molar-refractivity contribution in [3.05, 3.63) is 39.2 Å². The average Bonchev–Trinajstić information content (AvgIpc) is 3.56. The molecule has 236 valence electrons. The summed E-state index contributed by atoms with van der Waals surface area (Å²) in [6.07, 6.45) is 7.14. The highest BCUT2D eigenvalue weighted by Gasteiger charge is 2.42. The fourth-order valence-electron chi connectivity index (χ4n) is 6.32. The van der Waals surface area contributed by atoms with Crippen LogP contribution >= 0.6 is 22.9 Å². The van der Waals surface area contributed by atoms with Gasteiger partial charge >= 0.3 is 11.0 Å². The number of amides is 1. The number of nitrogens with zero attached hydrogens (tertiary/aromatic N) is 4. The van der Waals surface area contributed by atoms with E-state index < -0.39 is 13.7 Å². The van der Waals surface area contributed by atoms with Crippen LogP contribution in [0.1, 0.15) is 46.5 Å². The molecule has 1 aromatic carbocycles. The number of halogens is 1. The van der Waals surface area contributed by atoms with Gasteiger partial charge in [-0.15, -0.1) is 0 Å². The maximum Gasteiger partial charge on any atom is 0.407 e. The van der Waals surface area contributed by atoms with E-state index >= 15 is 0 Å². The predicted octanol–water partition coefficient (Wildman–Crippen LogP) is 6.99. The summed E-state index contributed by atoms with van der Waals surface area (Å²) in [4.78, 5) is 40.6. The van der Waals surface area contributed by atoms with Crippen LogP contribution in [-0.4, -0.2) is 64.0 Å². The highest BCUT2D eigenvalue weighted by Crippen LogP contribution is 2.41. The van der Waals surface area contributed by atoms with Crippen molar-refractivity contribution in [3.8, 4) is 11.1 Å². The lowest BCUT2D eigenvalue weighted by molar-refractivity contribution is 0.0492. The topological polar surface area (TPSA) is 114 Å². The van der Waals surface area contributed by atoms with Gasteiger partial charge in [-0.25, -0.2) is 14.8 Å². The summed E-state index contributed by atoms with van der Waals surface area (Å²) in [6, 6.07) is 5.55. The number of hydrogen-bond donors (Lipinski definition) is 2. The minimum absolute atomic E-state index is 0.0757. The van der Waals surface area contributed by atoms with E-state index in [0.29, 0.717) is 17.3 Å². The fourth-order valence-corrected chi connectivity index (χ4v) is 8.37. The maximum absolute atomic E-state index is 12.9. The first-order chi connectivity index (χ1) is 20.8. The minimum Gasteiger partial charge on any atom is -0.444 e. The van der Waals surface area contributed by atoms with Crippen LogP contribution in [0.5, 0.6) is 0 Å². The molecule has 10 nitrogen and oxygen atoms in total. The van der Waals surface area contributed by atoms with E-state index in [2.05, 4.69) is 34.8 Å². The molecule has 1 amide bonds. The fraction of sp³-hybridized carbons (Fsp3) is 0.548. The van der Waals surface area contributed by atoms with Gasteiger partial charge in [-0.05, 0) is 58.6 Å². The second kappa shape index (κ2) is 11.8. The lowest BCUT2D eigenvalue weighted by Crippen LogP contribution is -2.51. The molecule has 0 aliphatic carbocycles. The van der Waals surface area contributed by atoms with E-state index in [1.165, 1.54) is 0 Å². The molecule has 0 spiro atoms. The Hall–Kier alpha value is -2.93. The second-order valence-corrected chi connectivity index (χ2v) is 21.1. The molecule has 0 radical (unpaired) electrons. The molecule has 44 heavy (non-hydrogen) atoms. The van der Waals surface area contributed by atoms with Crippen molar-refractivity contribution in [2.45, 2.75) is 103 Å². The zero-order chi connectivity index (χ0) is 31.4. The molecule has 2 N–H and O–H groups in total. The van der Waals surface area contributed by atoms with Gasteiger partial charge in [-0.1, -0.05) is 48.6 Å². The Balaban J connectivity index is 1.20. The summed E-state index contributed by atoms with van der Waals surface area (Å²) in [7, 11) is -1.21. The Labute approximate surface area is 267 Å². The van der Waals surface area contributed by atoms with Crippen LogP contribution in [0.2, 0.25) is 30.7 Å². The number of rotatable bonds is 8. The third-order valence-corrected chi connectivity index (χ3v) is 11.6. The maximum atomic E-state index is 12.9. The number of ether oxygens (including phenoxy) is 2. The van der Waals surface area contributed by atoms with E-state index in [1.807, 2.05) is 45.3 Å². The van der Waals surface area contributed by atoms with E-state index in [9.17, 15) is 9.59 Å². The number of nitrogens with one attached hydrogen (secondary N) is 2. The summed E-state index contributed by atoms with van der Waals surface area (Å²) >= 11 is 8.08. The van der Waals surface area contributed by atoms with Crippen molar-refractivity contribution in [2.24, 2.45) is 0 Å². The van der Waals surface area contributed by atoms with Crippen molar-refractivity contribution in [3.63, 3.8) is 0 Å². The van der Waals surface area contributed by atoms with Crippen LogP contribution in [0, 0.1) is 0 Å². The monoisotopic (exact) mass is 656 g/mol. The number of H-pyrrole nitrogens is 1. The summed E-state index contributed by atoms with van der Waals surface area (Å²) in [6.45, 7) is 13.4. The molecule has 6 rings (SSSR count). The summed E-state index contributed by atoms with van der Waals surface area (Å²) in [5, 5.41) is 3.59. The largest absolute Gasteiger partial charge is 0.444 e. The molecular weight excluding hydrogens is 616 g/mol. The van der Waals surface area contributed by atoms with Gasteiger partial charge in [0, 0.05) is 50.1 Å². The minimum atomic E-state index is -1.21. The molecular formula is C31H41ClN6O4SSi. The lowest BCUT2D eigenvalue weighted by atomic mass is 9.97. The normalized spacial score (nSPS) is 20.5. The Morgan fingerprint density at radius 2 is 1.91 bits per heavy atom. The molecule has 0 saturated carbocycles. The van der Waals surface area contributed by atoms with Crippen molar-refractivity contribution in [1.82, 2.24) is 24.8 Å². The van der Waals surface area contributed by atoms with E-state index in [-0.39, 0.29) is 35.8 Å². The number of alkyl carbamates (subject to hydrolysis) is 1. The number of carbonyl (C=O) groups is 1. The number of hydrogen-bond acceptors (Lipinski definition) is 8. The highest BCUT2D eigenvalue weighted by molar-refractivity contribution is 7.17. The third-order valence-electron chi connectivity index (χ3n) is 8.37. The van der Waals surface area contributed by atoms with Crippen molar-refractivity contribution >= 4 is 64.3 Å². The number of aromatic nitrogens is 4. The van der Waals surface area contributed by atoms with Crippen LogP contribution in [0.15, 0.2) is 29.3 Å². The number of carbonyl (C=O) groups excluding carboxylic acids is 1. The number of anilines is 1. The first-order valence-electron chi connectivity index (χ1n) is 15.3. The first kappa shape index (κ1) is 31.1. The molecule has 2 bridgehead atoms. The molecule has 4 aromatic rings. The molecule has 2 fully saturated rings. The SMILES string of the molecule is CC(C)(C)OC(=O)NC1CC2CCC(C1)N2c1cnc2c(-c3ccc4c(sc(=O)n4COCC[Si](C)(C)C)c3Cl)c[nH]c2n1. The van der Waals surface area contributed by atoms with Crippen LogP contribution in [0.4, 0.5) is 10.6 Å². The Kier molecular flexibility index (Phi) is 8.31.